The highest BCUT2D eigenvalue weighted by atomic mass is 16.9. The summed E-state index contributed by atoms with van der Waals surface area (Å²) in [7, 11) is 0. The lowest BCUT2D eigenvalue weighted by Crippen LogP contribution is -2.40. The molecule has 1 saturated carbocycles. The Morgan fingerprint density at radius 3 is 2.07 bits per heavy atom. The van der Waals surface area contributed by atoms with Crippen molar-refractivity contribution in [1.29, 1.82) is 0 Å². The summed E-state index contributed by atoms with van der Waals surface area (Å²) in [6, 6.07) is 0. The van der Waals surface area contributed by atoms with Gasteiger partial charge in [-0.15, -0.1) is 0 Å². The first-order valence-corrected chi connectivity index (χ1v) is 6.01. The number of rotatable bonds is 6. The lowest BCUT2D eigenvalue weighted by atomic mass is 9.98. The molecule has 0 amide bonds. The van der Waals surface area contributed by atoms with Crippen LogP contribution in [-0.2, 0) is 14.2 Å². The van der Waals surface area contributed by atoms with E-state index in [2.05, 4.69) is 6.92 Å². The molecule has 0 aromatic carbocycles. The minimum atomic E-state index is -1.09. The second kappa shape index (κ2) is 6.46. The molecule has 1 aliphatic carbocycles. The Balaban J connectivity index is 2.40. The van der Waals surface area contributed by atoms with Gasteiger partial charge in [-0.1, -0.05) is 19.3 Å². The van der Waals surface area contributed by atoms with Crippen LogP contribution in [-0.4, -0.2) is 25.3 Å². The molecule has 0 saturated heterocycles. The first-order chi connectivity index (χ1) is 7.20. The Hall–Kier alpha value is -0.120. The number of ether oxygens (including phenoxy) is 3. The van der Waals surface area contributed by atoms with E-state index >= 15 is 0 Å². The Morgan fingerprint density at radius 2 is 1.60 bits per heavy atom. The summed E-state index contributed by atoms with van der Waals surface area (Å²) in [6.45, 7) is 8.82. The van der Waals surface area contributed by atoms with Crippen LogP contribution in [0, 0.1) is 6.92 Å². The molecule has 89 valence electrons. The van der Waals surface area contributed by atoms with E-state index in [1.54, 1.807) is 0 Å². The van der Waals surface area contributed by atoms with Gasteiger partial charge in [-0.3, -0.25) is 0 Å². The first kappa shape index (κ1) is 12.9. The maximum absolute atomic E-state index is 5.80. The predicted molar refractivity (Wildman–Crippen MR) is 59.3 cm³/mol. The normalized spacial score (nSPS) is 19.4. The van der Waals surface area contributed by atoms with Crippen molar-refractivity contribution in [2.75, 3.05) is 13.2 Å². The maximum atomic E-state index is 5.80. The van der Waals surface area contributed by atoms with Gasteiger partial charge in [0, 0.05) is 20.1 Å². The predicted octanol–water partition coefficient (Wildman–Crippen LogP) is 2.90. The molecule has 1 rings (SSSR count). The van der Waals surface area contributed by atoms with E-state index in [4.69, 9.17) is 14.2 Å². The third-order valence-corrected chi connectivity index (χ3v) is 2.63. The molecule has 0 aromatic rings. The highest BCUT2D eigenvalue weighted by Gasteiger charge is 2.30. The van der Waals surface area contributed by atoms with Crippen molar-refractivity contribution in [1.82, 2.24) is 0 Å². The first-order valence-electron chi connectivity index (χ1n) is 6.01. The monoisotopic (exact) mass is 215 g/mol. The van der Waals surface area contributed by atoms with E-state index in [1.165, 1.54) is 19.3 Å². The van der Waals surface area contributed by atoms with Gasteiger partial charge in [0.25, 0.3) is 5.97 Å². The second-order valence-corrected chi connectivity index (χ2v) is 3.93. The Bertz CT molecular complexity index is 158. The highest BCUT2D eigenvalue weighted by Crippen LogP contribution is 2.26. The summed E-state index contributed by atoms with van der Waals surface area (Å²) in [5.74, 6) is -1.09. The molecule has 0 unspecified atom stereocenters. The fourth-order valence-electron chi connectivity index (χ4n) is 1.99. The van der Waals surface area contributed by atoms with E-state index in [9.17, 15) is 0 Å². The minimum absolute atomic E-state index is 0.245. The van der Waals surface area contributed by atoms with Crippen LogP contribution in [0.4, 0.5) is 0 Å². The Kier molecular flexibility index (Phi) is 5.58. The van der Waals surface area contributed by atoms with E-state index < -0.39 is 5.97 Å². The zero-order valence-corrected chi connectivity index (χ0v) is 9.96. The van der Waals surface area contributed by atoms with Gasteiger partial charge < -0.3 is 14.2 Å². The third-order valence-electron chi connectivity index (χ3n) is 2.63. The van der Waals surface area contributed by atoms with Gasteiger partial charge in [0.2, 0.25) is 0 Å². The number of hydrogen-bond donors (Lipinski definition) is 0. The van der Waals surface area contributed by atoms with Crippen molar-refractivity contribution < 1.29 is 14.2 Å². The van der Waals surface area contributed by atoms with Gasteiger partial charge in [0.05, 0.1) is 6.10 Å². The molecule has 0 atom stereocenters. The molecule has 0 aliphatic heterocycles. The van der Waals surface area contributed by atoms with Crippen LogP contribution < -0.4 is 0 Å². The van der Waals surface area contributed by atoms with E-state index in [0.717, 1.165) is 12.8 Å². The van der Waals surface area contributed by atoms with Crippen LogP contribution in [0.1, 0.15) is 46.0 Å². The summed E-state index contributed by atoms with van der Waals surface area (Å²) >= 11 is 0. The molecule has 0 N–H and O–H groups in total. The van der Waals surface area contributed by atoms with Gasteiger partial charge in [-0.05, 0) is 26.7 Å². The molecule has 0 bridgehead atoms. The maximum Gasteiger partial charge on any atom is 0.283 e. The second-order valence-electron chi connectivity index (χ2n) is 3.93. The molecular weight excluding hydrogens is 192 g/mol. The van der Waals surface area contributed by atoms with Gasteiger partial charge >= 0.3 is 0 Å². The van der Waals surface area contributed by atoms with E-state index in [-0.39, 0.29) is 6.10 Å². The highest BCUT2D eigenvalue weighted by molar-refractivity contribution is 4.70. The van der Waals surface area contributed by atoms with E-state index in [0.29, 0.717) is 13.2 Å². The summed E-state index contributed by atoms with van der Waals surface area (Å²) in [4.78, 5) is 0. The third kappa shape index (κ3) is 4.49. The van der Waals surface area contributed by atoms with Gasteiger partial charge in [-0.2, -0.15) is 0 Å². The van der Waals surface area contributed by atoms with Crippen LogP contribution in [0.25, 0.3) is 0 Å². The largest absolute Gasteiger partial charge is 0.328 e. The molecule has 0 heterocycles. The summed E-state index contributed by atoms with van der Waals surface area (Å²) in [6.07, 6.45) is 6.22. The topological polar surface area (TPSA) is 27.7 Å². The molecule has 3 nitrogen and oxygen atoms in total. The van der Waals surface area contributed by atoms with Crippen LogP contribution in [0.2, 0.25) is 0 Å². The van der Waals surface area contributed by atoms with Crippen LogP contribution in [0.3, 0.4) is 0 Å². The summed E-state index contributed by atoms with van der Waals surface area (Å²) in [5.41, 5.74) is 0. The molecule has 1 fully saturated rings. The van der Waals surface area contributed by atoms with Crippen molar-refractivity contribution >= 4 is 0 Å². The SMILES string of the molecule is [CH2]C(OCC)(OCC)OC1CCCCC1. The fraction of sp³-hybridized carbons (Fsp3) is 0.917. The van der Waals surface area contributed by atoms with Crippen molar-refractivity contribution in [2.24, 2.45) is 0 Å². The zero-order chi connectivity index (χ0) is 11.1. The molecular formula is C12H23O3. The lowest BCUT2D eigenvalue weighted by molar-refractivity contribution is -0.366. The van der Waals surface area contributed by atoms with Crippen molar-refractivity contribution in [2.45, 2.75) is 58.0 Å². The van der Waals surface area contributed by atoms with Crippen LogP contribution in [0.15, 0.2) is 0 Å². The minimum Gasteiger partial charge on any atom is -0.328 e. The molecule has 1 aliphatic rings. The lowest BCUT2D eigenvalue weighted by Gasteiger charge is -2.34. The Morgan fingerprint density at radius 1 is 1.07 bits per heavy atom. The van der Waals surface area contributed by atoms with Crippen molar-refractivity contribution in [3.63, 3.8) is 0 Å². The van der Waals surface area contributed by atoms with Crippen LogP contribution in [0.5, 0.6) is 0 Å². The molecule has 0 spiro atoms. The van der Waals surface area contributed by atoms with Crippen molar-refractivity contribution in [3.8, 4) is 0 Å². The summed E-state index contributed by atoms with van der Waals surface area (Å²) in [5, 5.41) is 0. The quantitative estimate of drug-likeness (QED) is 0.638. The average Bonchev–Trinajstić information content (AvgIpc) is 2.19. The fourth-order valence-corrected chi connectivity index (χ4v) is 1.99. The Labute approximate surface area is 93.1 Å². The van der Waals surface area contributed by atoms with Gasteiger partial charge in [0.15, 0.2) is 0 Å². The van der Waals surface area contributed by atoms with Crippen LogP contribution >= 0.6 is 0 Å². The van der Waals surface area contributed by atoms with Gasteiger partial charge in [-0.25, -0.2) is 0 Å². The number of hydrogen-bond acceptors (Lipinski definition) is 3. The molecule has 15 heavy (non-hydrogen) atoms. The smallest absolute Gasteiger partial charge is 0.283 e. The average molecular weight is 215 g/mol. The standard InChI is InChI=1S/C12H23O3/c1-4-13-12(3,14-5-2)15-11-9-7-6-8-10-11/h11H,3-10H2,1-2H3. The molecule has 1 radical (unpaired) electrons. The molecule has 0 aromatic heterocycles. The van der Waals surface area contributed by atoms with Gasteiger partial charge in [0.1, 0.15) is 0 Å². The van der Waals surface area contributed by atoms with Crippen molar-refractivity contribution in [3.05, 3.63) is 6.92 Å². The summed E-state index contributed by atoms with van der Waals surface area (Å²) < 4.78 is 16.6. The van der Waals surface area contributed by atoms with E-state index in [1.807, 2.05) is 13.8 Å². The zero-order valence-electron chi connectivity index (χ0n) is 9.96. The molecule has 3 heteroatoms.